The van der Waals surface area contributed by atoms with Crippen molar-refractivity contribution >= 4 is 17.5 Å². The van der Waals surface area contributed by atoms with Crippen LogP contribution in [0.3, 0.4) is 0 Å². The third kappa shape index (κ3) is 4.88. The molecule has 0 spiro atoms. The quantitative estimate of drug-likeness (QED) is 0.767. The van der Waals surface area contributed by atoms with Gasteiger partial charge in [-0.25, -0.2) is 9.78 Å². The Hall–Kier alpha value is -3.80. The minimum Gasteiger partial charge on any atom is -0.494 e. The van der Waals surface area contributed by atoms with Crippen LogP contribution in [0, 0.1) is 11.3 Å². The van der Waals surface area contributed by atoms with E-state index in [1.54, 1.807) is 18.2 Å². The van der Waals surface area contributed by atoms with Crippen molar-refractivity contribution in [3.05, 3.63) is 42.2 Å². The number of anilines is 2. The maximum Gasteiger partial charge on any atom is 0.325 e. The summed E-state index contributed by atoms with van der Waals surface area (Å²) in [6.45, 7) is 3.00. The molecule has 2 bridgehead atoms. The Balaban J connectivity index is 1.90. The van der Waals surface area contributed by atoms with Gasteiger partial charge < -0.3 is 19.5 Å². The zero-order chi connectivity index (χ0) is 19.8. The standard InChI is InChI=1S/C19H19N5O4/c1-2-26-13-6-7-16-14(10-13)22-19(25)24-17-12-21-15(11-20)18(23-17)28-9-5-3-4-8-27-16/h3-4,6-7,10,12H,2,5,8-9H2,1H3,(H2,22,23,24,25)/b4-3-. The largest absolute Gasteiger partial charge is 0.494 e. The Bertz CT molecular complexity index is 923. The van der Waals surface area contributed by atoms with Gasteiger partial charge in [0.25, 0.3) is 5.88 Å². The summed E-state index contributed by atoms with van der Waals surface area (Å²) in [7, 11) is 0. The molecule has 0 saturated heterocycles. The van der Waals surface area contributed by atoms with E-state index in [2.05, 4.69) is 20.6 Å². The molecular formula is C19H19N5O4. The lowest BCUT2D eigenvalue weighted by Crippen LogP contribution is -2.21. The monoisotopic (exact) mass is 381 g/mol. The highest BCUT2D eigenvalue weighted by Crippen LogP contribution is 2.30. The first-order valence-electron chi connectivity index (χ1n) is 8.72. The first kappa shape index (κ1) is 19.0. The predicted octanol–water partition coefficient (Wildman–Crippen LogP) is 3.11. The van der Waals surface area contributed by atoms with Gasteiger partial charge in [0.15, 0.2) is 5.82 Å². The number of rotatable bonds is 2. The molecule has 9 heteroatoms. The first-order chi connectivity index (χ1) is 13.7. The maximum atomic E-state index is 12.4. The van der Waals surface area contributed by atoms with E-state index in [1.165, 1.54) is 6.20 Å². The number of carbonyl (C=O) groups is 1. The van der Waals surface area contributed by atoms with Gasteiger partial charge >= 0.3 is 6.03 Å². The first-order valence-corrected chi connectivity index (χ1v) is 8.72. The zero-order valence-electron chi connectivity index (χ0n) is 15.3. The number of hydrogen-bond acceptors (Lipinski definition) is 7. The number of nitrogens with one attached hydrogen (secondary N) is 2. The highest BCUT2D eigenvalue weighted by Gasteiger charge is 2.13. The number of benzene rings is 1. The van der Waals surface area contributed by atoms with Gasteiger partial charge in [0.1, 0.15) is 24.2 Å². The van der Waals surface area contributed by atoms with E-state index >= 15 is 0 Å². The van der Waals surface area contributed by atoms with Crippen molar-refractivity contribution in [2.75, 3.05) is 30.5 Å². The molecule has 0 saturated carbocycles. The van der Waals surface area contributed by atoms with Crippen LogP contribution in [0.25, 0.3) is 0 Å². The topological polar surface area (TPSA) is 118 Å². The average molecular weight is 381 g/mol. The zero-order valence-corrected chi connectivity index (χ0v) is 15.3. The Kier molecular flexibility index (Phi) is 6.25. The number of urea groups is 1. The summed E-state index contributed by atoms with van der Waals surface area (Å²) in [5.41, 5.74) is 0.499. The lowest BCUT2D eigenvalue weighted by atomic mass is 10.2. The number of nitriles is 1. The number of ether oxygens (including phenoxy) is 3. The number of nitrogens with zero attached hydrogens (tertiary/aromatic N) is 3. The van der Waals surface area contributed by atoms with Gasteiger partial charge in [-0.05, 0) is 25.5 Å². The van der Waals surface area contributed by atoms with Crippen molar-refractivity contribution in [1.82, 2.24) is 9.97 Å². The van der Waals surface area contributed by atoms with Crippen LogP contribution in [0.1, 0.15) is 19.0 Å². The normalized spacial score (nSPS) is 15.1. The molecule has 1 aromatic heterocycles. The highest BCUT2D eigenvalue weighted by molar-refractivity contribution is 6.00. The van der Waals surface area contributed by atoms with Gasteiger partial charge in [-0.3, -0.25) is 5.32 Å². The van der Waals surface area contributed by atoms with E-state index in [0.717, 1.165) is 0 Å². The summed E-state index contributed by atoms with van der Waals surface area (Å²) in [6.07, 6.45) is 5.63. The van der Waals surface area contributed by atoms with Crippen molar-refractivity contribution in [2.45, 2.75) is 13.3 Å². The fourth-order valence-corrected chi connectivity index (χ4v) is 2.42. The molecule has 2 heterocycles. The summed E-state index contributed by atoms with van der Waals surface area (Å²) in [5, 5.41) is 14.4. The Morgan fingerprint density at radius 2 is 2.18 bits per heavy atom. The van der Waals surface area contributed by atoms with E-state index in [1.807, 2.05) is 25.1 Å². The molecule has 1 aliphatic heterocycles. The Labute approximate surface area is 162 Å². The van der Waals surface area contributed by atoms with E-state index in [4.69, 9.17) is 19.5 Å². The van der Waals surface area contributed by atoms with Crippen LogP contribution in [0.2, 0.25) is 0 Å². The molecule has 0 aliphatic carbocycles. The molecule has 2 amide bonds. The van der Waals surface area contributed by atoms with E-state index < -0.39 is 6.03 Å². The number of amides is 2. The lowest BCUT2D eigenvalue weighted by molar-refractivity contribution is 0.262. The summed E-state index contributed by atoms with van der Waals surface area (Å²) in [4.78, 5) is 20.5. The number of aromatic nitrogens is 2. The SMILES string of the molecule is CCOc1ccc2c(c1)NC(=O)Nc1cnc(C#N)c(n1)OCC/C=C\CO2. The summed E-state index contributed by atoms with van der Waals surface area (Å²) in [6, 6.07) is 6.55. The van der Waals surface area contributed by atoms with Crippen LogP contribution in [0.5, 0.6) is 17.4 Å². The molecule has 2 aromatic rings. The molecule has 1 aromatic carbocycles. The molecule has 0 fully saturated rings. The minimum absolute atomic E-state index is 0.0503. The van der Waals surface area contributed by atoms with Gasteiger partial charge in [-0.2, -0.15) is 10.2 Å². The van der Waals surface area contributed by atoms with Gasteiger partial charge in [-0.15, -0.1) is 0 Å². The number of hydrogen-bond donors (Lipinski definition) is 2. The molecule has 2 N–H and O–H groups in total. The molecule has 28 heavy (non-hydrogen) atoms. The van der Waals surface area contributed by atoms with Crippen LogP contribution >= 0.6 is 0 Å². The fraction of sp³-hybridized carbons (Fsp3) is 0.263. The molecule has 9 nitrogen and oxygen atoms in total. The molecule has 1 aliphatic rings. The fourth-order valence-electron chi connectivity index (χ4n) is 2.42. The van der Waals surface area contributed by atoms with Gasteiger partial charge in [-0.1, -0.05) is 12.2 Å². The third-order valence-electron chi connectivity index (χ3n) is 3.62. The van der Waals surface area contributed by atoms with E-state index in [9.17, 15) is 4.79 Å². The van der Waals surface area contributed by atoms with Gasteiger partial charge in [0, 0.05) is 6.07 Å². The summed E-state index contributed by atoms with van der Waals surface area (Å²) < 4.78 is 16.7. The van der Waals surface area contributed by atoms with Gasteiger partial charge in [0.2, 0.25) is 5.69 Å². The second-order valence-corrected chi connectivity index (χ2v) is 5.61. The van der Waals surface area contributed by atoms with Crippen molar-refractivity contribution in [3.8, 4) is 23.4 Å². The minimum atomic E-state index is -0.547. The molecular weight excluding hydrogens is 362 g/mol. The second kappa shape index (κ2) is 9.23. The summed E-state index contributed by atoms with van der Waals surface area (Å²) in [5.74, 6) is 1.33. The van der Waals surface area contributed by atoms with Crippen molar-refractivity contribution in [2.24, 2.45) is 0 Å². The lowest BCUT2D eigenvalue weighted by Gasteiger charge is -2.14. The van der Waals surface area contributed by atoms with Crippen molar-refractivity contribution < 1.29 is 19.0 Å². The maximum absolute atomic E-state index is 12.4. The highest BCUT2D eigenvalue weighted by atomic mass is 16.5. The summed E-state index contributed by atoms with van der Waals surface area (Å²) >= 11 is 0. The van der Waals surface area contributed by atoms with Crippen molar-refractivity contribution in [3.63, 3.8) is 0 Å². The molecule has 0 unspecified atom stereocenters. The van der Waals surface area contributed by atoms with Crippen LogP contribution in [-0.2, 0) is 0 Å². The van der Waals surface area contributed by atoms with Crippen LogP contribution < -0.4 is 24.8 Å². The van der Waals surface area contributed by atoms with Gasteiger partial charge in [0.05, 0.1) is 25.1 Å². The number of fused-ring (bicyclic) bond motifs is 3. The van der Waals surface area contributed by atoms with Crippen LogP contribution in [0.4, 0.5) is 16.3 Å². The predicted molar refractivity (Wildman–Crippen MR) is 102 cm³/mol. The molecule has 3 rings (SSSR count). The molecule has 0 atom stereocenters. The van der Waals surface area contributed by atoms with Crippen LogP contribution in [0.15, 0.2) is 36.5 Å². The van der Waals surface area contributed by atoms with E-state index in [0.29, 0.717) is 43.4 Å². The number of carbonyl (C=O) groups excluding carboxylic acids is 1. The second-order valence-electron chi connectivity index (χ2n) is 5.61. The average Bonchev–Trinajstić information content (AvgIpc) is 2.69. The Morgan fingerprint density at radius 3 is 3.00 bits per heavy atom. The molecule has 144 valence electrons. The van der Waals surface area contributed by atoms with E-state index in [-0.39, 0.29) is 17.4 Å². The smallest absolute Gasteiger partial charge is 0.325 e. The van der Waals surface area contributed by atoms with Crippen molar-refractivity contribution in [1.29, 1.82) is 5.26 Å². The van der Waals surface area contributed by atoms with Crippen LogP contribution in [-0.4, -0.2) is 35.8 Å². The molecule has 0 radical (unpaired) electrons. The Morgan fingerprint density at radius 1 is 1.29 bits per heavy atom. The third-order valence-corrected chi connectivity index (χ3v) is 3.62.